The molecule has 1 N–H and O–H groups in total. The number of halogens is 1. The monoisotopic (exact) mass is 299 g/mol. The molecule has 0 atom stereocenters. The van der Waals surface area contributed by atoms with Crippen LogP contribution < -0.4 is 5.32 Å². The molecule has 0 heterocycles. The summed E-state index contributed by atoms with van der Waals surface area (Å²) >= 11 is 3.39. The van der Waals surface area contributed by atoms with Crippen LogP contribution in [0.2, 0.25) is 0 Å². The Morgan fingerprint density at radius 3 is 2.33 bits per heavy atom. The Labute approximate surface area is 102 Å². The molecule has 0 aliphatic heterocycles. The van der Waals surface area contributed by atoms with Gasteiger partial charge in [-0.2, -0.15) is 0 Å². The normalized spacial score (nSPS) is 11.9. The van der Waals surface area contributed by atoms with Crippen molar-refractivity contribution in [1.29, 1.82) is 0 Å². The summed E-state index contributed by atoms with van der Waals surface area (Å²) < 4.78 is 22.3. The molecule has 0 spiro atoms. The fraction of sp³-hybridized carbons (Fsp3) is 1.00. The van der Waals surface area contributed by atoms with Crippen LogP contribution >= 0.6 is 15.9 Å². The molecule has 92 valence electrons. The maximum absolute atomic E-state index is 11.1. The highest BCUT2D eigenvalue weighted by Gasteiger charge is 2.05. The summed E-state index contributed by atoms with van der Waals surface area (Å²) in [6.45, 7) is 3.21. The quantitative estimate of drug-likeness (QED) is 0.495. The Hall–Kier alpha value is 0.390. The van der Waals surface area contributed by atoms with E-state index in [0.29, 0.717) is 6.54 Å². The highest BCUT2D eigenvalue weighted by molar-refractivity contribution is 9.09. The number of alkyl halides is 1. The molecule has 0 aromatic rings. The average molecular weight is 300 g/mol. The number of nitrogens with one attached hydrogen (secondary N) is 1. The smallest absolute Gasteiger partial charge is 0.151 e. The molecular formula is C10H22BrNO2S. The van der Waals surface area contributed by atoms with Crippen LogP contribution in [0.15, 0.2) is 0 Å². The van der Waals surface area contributed by atoms with Crippen molar-refractivity contribution in [3.05, 3.63) is 0 Å². The van der Waals surface area contributed by atoms with Crippen molar-refractivity contribution in [2.24, 2.45) is 0 Å². The highest BCUT2D eigenvalue weighted by atomic mass is 79.9. The summed E-state index contributed by atoms with van der Waals surface area (Å²) in [6, 6.07) is 0. The van der Waals surface area contributed by atoms with Gasteiger partial charge in [0, 0.05) is 17.6 Å². The summed E-state index contributed by atoms with van der Waals surface area (Å²) in [7, 11) is -2.79. The molecule has 0 aliphatic rings. The Morgan fingerprint density at radius 2 is 1.73 bits per heavy atom. The molecule has 0 amide bonds. The van der Waals surface area contributed by atoms with E-state index in [0.717, 1.165) is 18.3 Å². The molecule has 3 nitrogen and oxygen atoms in total. The van der Waals surface area contributed by atoms with Gasteiger partial charge < -0.3 is 5.32 Å². The van der Waals surface area contributed by atoms with Gasteiger partial charge in [-0.05, 0) is 19.4 Å². The molecule has 0 aromatic heterocycles. The molecule has 5 heteroatoms. The molecule has 0 aromatic carbocycles. The second-order valence-electron chi connectivity index (χ2n) is 3.59. The maximum Gasteiger partial charge on any atom is 0.151 e. The third kappa shape index (κ3) is 10.7. The van der Waals surface area contributed by atoms with Crippen LogP contribution in [-0.4, -0.2) is 38.3 Å². The van der Waals surface area contributed by atoms with E-state index in [9.17, 15) is 8.42 Å². The lowest BCUT2D eigenvalue weighted by Crippen LogP contribution is -2.24. The molecule has 0 saturated heterocycles. The van der Waals surface area contributed by atoms with E-state index in [1.54, 1.807) is 6.92 Å². The molecule has 0 rings (SSSR count). The summed E-state index contributed by atoms with van der Waals surface area (Å²) in [5.74, 6) is 0.519. The van der Waals surface area contributed by atoms with Gasteiger partial charge in [0.15, 0.2) is 9.84 Å². The van der Waals surface area contributed by atoms with E-state index >= 15 is 0 Å². The molecular weight excluding hydrogens is 278 g/mol. The predicted octanol–water partition coefficient (Wildman–Crippen LogP) is 1.97. The molecule has 0 radical (unpaired) electrons. The van der Waals surface area contributed by atoms with Gasteiger partial charge in [-0.1, -0.05) is 35.7 Å². The first-order valence-corrected chi connectivity index (χ1v) is 8.53. The Kier molecular flexibility index (Phi) is 9.85. The lowest BCUT2D eigenvalue weighted by Gasteiger charge is -2.04. The fourth-order valence-corrected chi connectivity index (χ4v) is 2.34. The number of unbranched alkanes of at least 4 members (excludes halogenated alkanes) is 3. The lowest BCUT2D eigenvalue weighted by molar-refractivity contribution is 0.584. The zero-order valence-corrected chi connectivity index (χ0v) is 11.9. The van der Waals surface area contributed by atoms with Crippen LogP contribution in [0, 0.1) is 0 Å². The van der Waals surface area contributed by atoms with E-state index < -0.39 is 9.84 Å². The topological polar surface area (TPSA) is 46.2 Å². The summed E-state index contributed by atoms with van der Waals surface area (Å²) in [6.07, 6.45) is 4.84. The zero-order chi connectivity index (χ0) is 11.6. The number of sulfone groups is 1. The lowest BCUT2D eigenvalue weighted by atomic mass is 10.2. The summed E-state index contributed by atoms with van der Waals surface area (Å²) in [5.41, 5.74) is 0. The van der Waals surface area contributed by atoms with Gasteiger partial charge in [0.1, 0.15) is 0 Å². The minimum absolute atomic E-state index is 0.250. The molecule has 0 saturated carbocycles. The van der Waals surface area contributed by atoms with Gasteiger partial charge in [-0.3, -0.25) is 0 Å². The standard InChI is InChI=1S/C10H22BrNO2S/c1-2-15(13,14)10-9-12-8-6-4-3-5-7-11/h12H,2-10H2,1H3. The number of rotatable bonds is 10. The van der Waals surface area contributed by atoms with Gasteiger partial charge in [-0.25, -0.2) is 8.42 Å². The number of hydrogen-bond donors (Lipinski definition) is 1. The van der Waals surface area contributed by atoms with Crippen molar-refractivity contribution in [1.82, 2.24) is 5.32 Å². The van der Waals surface area contributed by atoms with Gasteiger partial charge in [-0.15, -0.1) is 0 Å². The van der Waals surface area contributed by atoms with Crippen molar-refractivity contribution >= 4 is 25.8 Å². The third-order valence-corrected chi connectivity index (χ3v) is 4.53. The Balaban J connectivity index is 3.19. The van der Waals surface area contributed by atoms with Gasteiger partial charge >= 0.3 is 0 Å². The van der Waals surface area contributed by atoms with Crippen molar-refractivity contribution in [2.45, 2.75) is 32.6 Å². The van der Waals surface area contributed by atoms with Gasteiger partial charge in [0.05, 0.1) is 5.75 Å². The zero-order valence-electron chi connectivity index (χ0n) is 9.47. The largest absolute Gasteiger partial charge is 0.316 e. The molecule has 15 heavy (non-hydrogen) atoms. The van der Waals surface area contributed by atoms with E-state index in [2.05, 4.69) is 21.2 Å². The molecule has 0 unspecified atom stereocenters. The van der Waals surface area contributed by atoms with Crippen LogP contribution in [-0.2, 0) is 9.84 Å². The minimum atomic E-state index is -2.79. The summed E-state index contributed by atoms with van der Waals surface area (Å²) in [4.78, 5) is 0. The van der Waals surface area contributed by atoms with Crippen molar-refractivity contribution in [2.75, 3.05) is 29.9 Å². The average Bonchev–Trinajstić information content (AvgIpc) is 2.22. The third-order valence-electron chi connectivity index (χ3n) is 2.27. The molecule has 0 aliphatic carbocycles. The van der Waals surface area contributed by atoms with Crippen molar-refractivity contribution in [3.8, 4) is 0 Å². The van der Waals surface area contributed by atoms with Gasteiger partial charge in [0.25, 0.3) is 0 Å². The van der Waals surface area contributed by atoms with E-state index in [-0.39, 0.29) is 11.5 Å². The Bertz CT molecular complexity index is 230. The predicted molar refractivity (Wildman–Crippen MR) is 69.5 cm³/mol. The van der Waals surface area contributed by atoms with E-state index in [1.165, 1.54) is 19.3 Å². The first-order valence-electron chi connectivity index (χ1n) is 5.59. The number of hydrogen-bond acceptors (Lipinski definition) is 3. The van der Waals surface area contributed by atoms with E-state index in [4.69, 9.17) is 0 Å². The first-order chi connectivity index (χ1) is 7.12. The fourth-order valence-electron chi connectivity index (χ4n) is 1.20. The van der Waals surface area contributed by atoms with Crippen LogP contribution in [0.1, 0.15) is 32.6 Å². The minimum Gasteiger partial charge on any atom is -0.316 e. The molecule has 0 fully saturated rings. The van der Waals surface area contributed by atoms with Gasteiger partial charge in [0.2, 0.25) is 0 Å². The maximum atomic E-state index is 11.1. The van der Waals surface area contributed by atoms with Crippen LogP contribution in [0.25, 0.3) is 0 Å². The first kappa shape index (κ1) is 15.4. The van der Waals surface area contributed by atoms with Crippen LogP contribution in [0.5, 0.6) is 0 Å². The molecule has 0 bridgehead atoms. The van der Waals surface area contributed by atoms with Crippen LogP contribution in [0.4, 0.5) is 0 Å². The second-order valence-corrected chi connectivity index (χ2v) is 6.86. The highest BCUT2D eigenvalue weighted by Crippen LogP contribution is 2.00. The Morgan fingerprint density at radius 1 is 1.07 bits per heavy atom. The SMILES string of the molecule is CCS(=O)(=O)CCNCCCCCCBr. The second kappa shape index (κ2) is 9.60. The summed E-state index contributed by atoms with van der Waals surface area (Å²) in [5, 5.41) is 4.24. The van der Waals surface area contributed by atoms with E-state index in [1.807, 2.05) is 0 Å². The van der Waals surface area contributed by atoms with Crippen molar-refractivity contribution < 1.29 is 8.42 Å². The van der Waals surface area contributed by atoms with Crippen LogP contribution in [0.3, 0.4) is 0 Å². The van der Waals surface area contributed by atoms with Crippen molar-refractivity contribution in [3.63, 3.8) is 0 Å².